The Morgan fingerprint density at radius 1 is 1.80 bits per heavy atom. The summed E-state index contributed by atoms with van der Waals surface area (Å²) in [6.45, 7) is 3.58. The first-order valence-corrected chi connectivity index (χ1v) is 3.29. The van der Waals surface area contributed by atoms with E-state index in [-0.39, 0.29) is 17.5 Å². The molecule has 0 bridgehead atoms. The second-order valence-corrected chi connectivity index (χ2v) is 2.45. The van der Waals surface area contributed by atoms with Gasteiger partial charge in [-0.15, -0.1) is 6.58 Å². The molecule has 0 fully saturated rings. The molecule has 0 aromatic carbocycles. The fourth-order valence-corrected chi connectivity index (χ4v) is 0.982. The van der Waals surface area contributed by atoms with Crippen LogP contribution < -0.4 is 0 Å². The third kappa shape index (κ3) is 1.26. The zero-order valence-corrected chi connectivity index (χ0v) is 5.71. The summed E-state index contributed by atoms with van der Waals surface area (Å²) in [4.78, 5) is 10.8. The number of rotatable bonds is 1. The molecule has 0 radical (unpaired) electrons. The maximum absolute atomic E-state index is 10.8. The van der Waals surface area contributed by atoms with Gasteiger partial charge in [-0.1, -0.05) is 6.08 Å². The number of allylic oxidation sites excluding steroid dienone is 3. The molecule has 10 heavy (non-hydrogen) atoms. The third-order valence-corrected chi connectivity index (χ3v) is 1.68. The van der Waals surface area contributed by atoms with E-state index in [0.717, 1.165) is 6.42 Å². The third-order valence-electron chi connectivity index (χ3n) is 1.68. The molecule has 2 heteroatoms. The monoisotopic (exact) mass is 138 g/mol. The summed E-state index contributed by atoms with van der Waals surface area (Å²) in [5, 5.41) is 8.87. The van der Waals surface area contributed by atoms with Gasteiger partial charge in [0.2, 0.25) is 0 Å². The van der Waals surface area contributed by atoms with E-state index in [4.69, 9.17) is 5.11 Å². The number of ketones is 1. The van der Waals surface area contributed by atoms with Crippen LogP contribution in [0.3, 0.4) is 0 Å². The van der Waals surface area contributed by atoms with E-state index >= 15 is 0 Å². The summed E-state index contributed by atoms with van der Waals surface area (Å²) >= 11 is 0. The van der Waals surface area contributed by atoms with E-state index in [2.05, 4.69) is 6.58 Å². The van der Waals surface area contributed by atoms with Crippen LogP contribution in [-0.2, 0) is 4.79 Å². The maximum atomic E-state index is 10.8. The first-order chi connectivity index (χ1) is 4.74. The predicted octanol–water partition coefficient (Wildman–Crippen LogP) is 1.59. The van der Waals surface area contributed by atoms with Gasteiger partial charge in [0.1, 0.15) is 0 Å². The highest BCUT2D eigenvalue weighted by molar-refractivity contribution is 5.94. The number of aliphatic hydroxyl groups excluding tert-OH is 1. The molecule has 0 aliphatic heterocycles. The van der Waals surface area contributed by atoms with Crippen LogP contribution in [0.15, 0.2) is 24.5 Å². The van der Waals surface area contributed by atoms with E-state index in [1.165, 1.54) is 0 Å². The van der Waals surface area contributed by atoms with E-state index in [1.807, 2.05) is 0 Å². The molecule has 0 saturated carbocycles. The first kappa shape index (κ1) is 7.06. The van der Waals surface area contributed by atoms with Gasteiger partial charge in [0.15, 0.2) is 11.5 Å². The van der Waals surface area contributed by atoms with Gasteiger partial charge in [0, 0.05) is 6.42 Å². The standard InChI is InChI=1S/C8H10O2/c1-2-6-3-4-7(9)8(10)5-6/h2,4,6,9H,1,3,5H2. The fraction of sp³-hybridized carbons (Fsp3) is 0.375. The normalized spacial score (nSPS) is 25.8. The molecule has 0 aromatic rings. The van der Waals surface area contributed by atoms with Crippen molar-refractivity contribution in [3.05, 3.63) is 24.5 Å². The van der Waals surface area contributed by atoms with Gasteiger partial charge in [-0.05, 0) is 18.4 Å². The summed E-state index contributed by atoms with van der Waals surface area (Å²) in [6.07, 6.45) is 4.45. The van der Waals surface area contributed by atoms with Gasteiger partial charge in [-0.2, -0.15) is 0 Å². The Morgan fingerprint density at radius 2 is 2.50 bits per heavy atom. The van der Waals surface area contributed by atoms with Gasteiger partial charge in [-0.3, -0.25) is 4.79 Å². The SMILES string of the molecule is C=CC1CC=C(O)C(=O)C1. The summed E-state index contributed by atoms with van der Waals surface area (Å²) in [7, 11) is 0. The summed E-state index contributed by atoms with van der Waals surface area (Å²) < 4.78 is 0. The Bertz CT molecular complexity index is 191. The molecule has 0 saturated heterocycles. The molecule has 1 aliphatic carbocycles. The molecule has 1 aliphatic rings. The van der Waals surface area contributed by atoms with Gasteiger partial charge < -0.3 is 5.11 Å². The Kier molecular flexibility index (Phi) is 1.90. The van der Waals surface area contributed by atoms with Gasteiger partial charge >= 0.3 is 0 Å². The second-order valence-electron chi connectivity index (χ2n) is 2.45. The van der Waals surface area contributed by atoms with Crippen LogP contribution in [-0.4, -0.2) is 10.9 Å². The predicted molar refractivity (Wildman–Crippen MR) is 38.6 cm³/mol. The summed E-state index contributed by atoms with van der Waals surface area (Å²) in [6, 6.07) is 0. The lowest BCUT2D eigenvalue weighted by Crippen LogP contribution is -2.13. The molecule has 2 nitrogen and oxygen atoms in total. The minimum Gasteiger partial charge on any atom is -0.505 e. The molecule has 1 rings (SSSR count). The largest absolute Gasteiger partial charge is 0.505 e. The molecule has 54 valence electrons. The topological polar surface area (TPSA) is 37.3 Å². The van der Waals surface area contributed by atoms with E-state index < -0.39 is 0 Å². The number of carbonyl (C=O) groups excluding carboxylic acids is 1. The van der Waals surface area contributed by atoms with Crippen LogP contribution in [0.4, 0.5) is 0 Å². The molecule has 0 heterocycles. The quantitative estimate of drug-likeness (QED) is 0.559. The van der Waals surface area contributed by atoms with E-state index in [9.17, 15) is 4.79 Å². The molecule has 1 unspecified atom stereocenters. The summed E-state index contributed by atoms with van der Waals surface area (Å²) in [5.74, 6) is -0.0300. The molecule has 0 aromatic heterocycles. The zero-order valence-electron chi connectivity index (χ0n) is 5.71. The van der Waals surface area contributed by atoms with Crippen molar-refractivity contribution >= 4 is 5.78 Å². The van der Waals surface area contributed by atoms with Crippen LogP contribution in [0.2, 0.25) is 0 Å². The van der Waals surface area contributed by atoms with Crippen LogP contribution >= 0.6 is 0 Å². The zero-order chi connectivity index (χ0) is 7.56. The van der Waals surface area contributed by atoms with Crippen molar-refractivity contribution in [2.45, 2.75) is 12.8 Å². The van der Waals surface area contributed by atoms with Crippen molar-refractivity contribution in [3.63, 3.8) is 0 Å². The fourth-order valence-electron chi connectivity index (χ4n) is 0.982. The van der Waals surface area contributed by atoms with Crippen molar-refractivity contribution < 1.29 is 9.90 Å². The van der Waals surface area contributed by atoms with Crippen LogP contribution in [0.25, 0.3) is 0 Å². The molecular formula is C8H10O2. The molecule has 1 N–H and O–H groups in total. The molecular weight excluding hydrogens is 128 g/mol. The lowest BCUT2D eigenvalue weighted by molar-refractivity contribution is -0.119. The van der Waals surface area contributed by atoms with E-state index in [1.54, 1.807) is 12.2 Å². The highest BCUT2D eigenvalue weighted by atomic mass is 16.3. The number of hydrogen-bond donors (Lipinski definition) is 1. The minimum atomic E-state index is -0.170. The van der Waals surface area contributed by atoms with Gasteiger partial charge in [0.05, 0.1) is 0 Å². The van der Waals surface area contributed by atoms with Crippen molar-refractivity contribution in [2.75, 3.05) is 0 Å². The Morgan fingerprint density at radius 3 is 3.00 bits per heavy atom. The van der Waals surface area contributed by atoms with Crippen LogP contribution in [0.1, 0.15) is 12.8 Å². The number of carbonyl (C=O) groups is 1. The minimum absolute atomic E-state index is 0.0851. The maximum Gasteiger partial charge on any atom is 0.197 e. The molecule has 0 spiro atoms. The van der Waals surface area contributed by atoms with Crippen LogP contribution in [0.5, 0.6) is 0 Å². The smallest absolute Gasteiger partial charge is 0.197 e. The van der Waals surface area contributed by atoms with Gasteiger partial charge in [0.25, 0.3) is 0 Å². The van der Waals surface area contributed by atoms with Crippen molar-refractivity contribution in [3.8, 4) is 0 Å². The lowest BCUT2D eigenvalue weighted by atomic mass is 9.93. The van der Waals surface area contributed by atoms with Crippen molar-refractivity contribution in [1.82, 2.24) is 0 Å². The highest BCUT2D eigenvalue weighted by Crippen LogP contribution is 2.19. The Balaban J connectivity index is 2.68. The second kappa shape index (κ2) is 2.69. The molecule has 1 atom stereocenters. The van der Waals surface area contributed by atoms with Crippen molar-refractivity contribution in [1.29, 1.82) is 0 Å². The molecule has 0 amide bonds. The average Bonchev–Trinajstić information content (AvgIpc) is 1.95. The highest BCUT2D eigenvalue weighted by Gasteiger charge is 2.18. The van der Waals surface area contributed by atoms with Crippen LogP contribution in [0, 0.1) is 5.92 Å². The Labute approximate surface area is 59.9 Å². The number of hydrogen-bond acceptors (Lipinski definition) is 2. The number of Topliss-reactive ketones (excluding diaryl/α,β-unsaturated/α-hetero) is 1. The van der Waals surface area contributed by atoms with E-state index in [0.29, 0.717) is 6.42 Å². The van der Waals surface area contributed by atoms with Gasteiger partial charge in [-0.25, -0.2) is 0 Å². The summed E-state index contributed by atoms with van der Waals surface area (Å²) in [5.41, 5.74) is 0. The lowest BCUT2D eigenvalue weighted by Gasteiger charge is -2.13. The first-order valence-electron chi connectivity index (χ1n) is 3.29. The number of aliphatic hydroxyl groups is 1. The average molecular weight is 138 g/mol. The van der Waals surface area contributed by atoms with Crippen molar-refractivity contribution in [2.24, 2.45) is 5.92 Å². The Hall–Kier alpha value is -1.05.